The van der Waals surface area contributed by atoms with Crippen LogP contribution in [0.25, 0.3) is 6.08 Å². The first-order valence-electron chi connectivity index (χ1n) is 3.14. The average Bonchev–Trinajstić information content (AvgIpc) is 2.36. The molecule has 0 amide bonds. The minimum Gasteiger partial charge on any atom is -0.279 e. The van der Waals surface area contributed by atoms with Crippen molar-refractivity contribution < 1.29 is 4.84 Å². The van der Waals surface area contributed by atoms with Crippen molar-refractivity contribution in [2.24, 2.45) is 0 Å². The van der Waals surface area contributed by atoms with Crippen LogP contribution in [0.2, 0.25) is 0 Å². The number of hydroxylamine groups is 1. The van der Waals surface area contributed by atoms with Gasteiger partial charge in [0.05, 0.1) is 10.9 Å². The molecular weight excluding hydrogens is 262 g/mol. The van der Waals surface area contributed by atoms with Gasteiger partial charge in [0, 0.05) is 4.88 Å². The van der Waals surface area contributed by atoms with Crippen LogP contribution >= 0.6 is 38.9 Å². The van der Waals surface area contributed by atoms with Crippen LogP contribution in [-0.4, -0.2) is 7.11 Å². The molecule has 1 rings (SSSR count). The third-order valence-electron chi connectivity index (χ3n) is 1.06. The maximum absolute atomic E-state index is 5.74. The summed E-state index contributed by atoms with van der Waals surface area (Å²) in [6, 6.07) is 3.93. The normalized spacial score (nSPS) is 11.8. The molecule has 0 spiro atoms. The summed E-state index contributed by atoms with van der Waals surface area (Å²) in [5.41, 5.74) is 2.52. The topological polar surface area (TPSA) is 21.3 Å². The molecule has 1 aromatic rings. The zero-order chi connectivity index (χ0) is 8.97. The molecule has 0 saturated carbocycles. The van der Waals surface area contributed by atoms with Crippen LogP contribution in [0.3, 0.4) is 0 Å². The van der Waals surface area contributed by atoms with Gasteiger partial charge in [-0.25, -0.2) is 0 Å². The Morgan fingerprint density at radius 3 is 3.00 bits per heavy atom. The van der Waals surface area contributed by atoms with E-state index < -0.39 is 0 Å². The molecule has 1 aromatic heterocycles. The summed E-state index contributed by atoms with van der Waals surface area (Å²) in [7, 11) is 1.51. The third kappa shape index (κ3) is 3.15. The highest BCUT2D eigenvalue weighted by Crippen LogP contribution is 2.24. The Bertz CT molecular complexity index is 287. The summed E-state index contributed by atoms with van der Waals surface area (Å²) in [6.07, 6.45) is 1.79. The highest BCUT2D eigenvalue weighted by Gasteiger charge is 1.95. The standard InChI is InChI=1S/C7H7BrClNOS/c1-11-10-7(9)4-5-2-3-6(8)12-5/h2-4,10H,1H3. The van der Waals surface area contributed by atoms with Crippen LogP contribution in [0.15, 0.2) is 21.1 Å². The predicted molar refractivity (Wildman–Crippen MR) is 56.0 cm³/mol. The van der Waals surface area contributed by atoms with E-state index in [0.717, 1.165) is 8.66 Å². The number of rotatable bonds is 3. The molecular formula is C7H7BrClNOS. The first kappa shape index (κ1) is 10.1. The molecule has 1 heterocycles. The first-order valence-corrected chi connectivity index (χ1v) is 5.12. The van der Waals surface area contributed by atoms with Crippen molar-refractivity contribution in [3.8, 4) is 0 Å². The Morgan fingerprint density at radius 1 is 1.75 bits per heavy atom. The van der Waals surface area contributed by atoms with E-state index in [0.29, 0.717) is 5.16 Å². The lowest BCUT2D eigenvalue weighted by molar-refractivity contribution is 0.125. The summed E-state index contributed by atoms with van der Waals surface area (Å²) in [6.45, 7) is 0. The molecule has 5 heteroatoms. The van der Waals surface area contributed by atoms with E-state index in [1.807, 2.05) is 12.1 Å². The van der Waals surface area contributed by atoms with Crippen LogP contribution in [-0.2, 0) is 4.84 Å². The fourth-order valence-electron chi connectivity index (χ4n) is 0.658. The van der Waals surface area contributed by atoms with E-state index in [1.165, 1.54) is 7.11 Å². The van der Waals surface area contributed by atoms with E-state index in [9.17, 15) is 0 Å². The SMILES string of the molecule is CONC(Cl)=Cc1ccc(Br)s1. The van der Waals surface area contributed by atoms with Gasteiger partial charge in [-0.2, -0.15) is 0 Å². The Hall–Kier alpha value is -0.0300. The van der Waals surface area contributed by atoms with Crippen LogP contribution < -0.4 is 5.48 Å². The van der Waals surface area contributed by atoms with Crippen molar-refractivity contribution >= 4 is 44.9 Å². The highest BCUT2D eigenvalue weighted by atomic mass is 79.9. The molecule has 0 bridgehead atoms. The van der Waals surface area contributed by atoms with Crippen molar-refractivity contribution in [2.75, 3.05) is 7.11 Å². The Labute approximate surface area is 88.3 Å². The number of nitrogens with one attached hydrogen (secondary N) is 1. The zero-order valence-electron chi connectivity index (χ0n) is 6.30. The third-order valence-corrected chi connectivity index (χ3v) is 2.82. The lowest BCUT2D eigenvalue weighted by Gasteiger charge is -1.97. The summed E-state index contributed by atoms with van der Waals surface area (Å²) < 4.78 is 1.08. The van der Waals surface area contributed by atoms with Crippen molar-refractivity contribution in [1.29, 1.82) is 0 Å². The molecule has 66 valence electrons. The van der Waals surface area contributed by atoms with Gasteiger partial charge in [-0.15, -0.1) is 11.3 Å². The van der Waals surface area contributed by atoms with Crippen molar-refractivity contribution in [2.45, 2.75) is 0 Å². The second kappa shape index (κ2) is 4.87. The van der Waals surface area contributed by atoms with Crippen LogP contribution in [0.5, 0.6) is 0 Å². The Morgan fingerprint density at radius 2 is 2.50 bits per heavy atom. The van der Waals surface area contributed by atoms with E-state index >= 15 is 0 Å². The van der Waals surface area contributed by atoms with Gasteiger partial charge in [0.15, 0.2) is 0 Å². The molecule has 2 nitrogen and oxygen atoms in total. The minimum atomic E-state index is 0.465. The van der Waals surface area contributed by atoms with E-state index in [2.05, 4.69) is 26.2 Å². The molecule has 0 aromatic carbocycles. The maximum Gasteiger partial charge on any atom is 0.127 e. The second-order valence-electron chi connectivity index (χ2n) is 1.94. The van der Waals surface area contributed by atoms with Gasteiger partial charge in [-0.3, -0.25) is 10.3 Å². The van der Waals surface area contributed by atoms with Gasteiger partial charge in [0.1, 0.15) is 5.16 Å². The summed E-state index contributed by atoms with van der Waals surface area (Å²) in [5.74, 6) is 0. The number of hydrogen-bond donors (Lipinski definition) is 1. The largest absolute Gasteiger partial charge is 0.279 e. The summed E-state index contributed by atoms with van der Waals surface area (Å²) in [4.78, 5) is 5.69. The van der Waals surface area contributed by atoms with E-state index in [4.69, 9.17) is 11.6 Å². The maximum atomic E-state index is 5.74. The second-order valence-corrected chi connectivity index (χ2v) is 4.84. The Balaban J connectivity index is 2.67. The fraction of sp³-hybridized carbons (Fsp3) is 0.143. The Kier molecular flexibility index (Phi) is 4.08. The van der Waals surface area contributed by atoms with Crippen molar-refractivity contribution in [1.82, 2.24) is 5.48 Å². The molecule has 0 aliphatic heterocycles. The predicted octanol–water partition coefficient (Wildman–Crippen LogP) is 3.20. The van der Waals surface area contributed by atoms with Crippen molar-refractivity contribution in [3.63, 3.8) is 0 Å². The lowest BCUT2D eigenvalue weighted by atomic mass is 10.4. The fourth-order valence-corrected chi connectivity index (χ4v) is 2.28. The molecule has 0 unspecified atom stereocenters. The van der Waals surface area contributed by atoms with Gasteiger partial charge >= 0.3 is 0 Å². The number of thiophene rings is 1. The van der Waals surface area contributed by atoms with Crippen LogP contribution in [0.4, 0.5) is 0 Å². The monoisotopic (exact) mass is 267 g/mol. The zero-order valence-corrected chi connectivity index (χ0v) is 9.46. The van der Waals surface area contributed by atoms with Crippen LogP contribution in [0.1, 0.15) is 4.88 Å². The van der Waals surface area contributed by atoms with Gasteiger partial charge in [0.25, 0.3) is 0 Å². The number of hydrogen-bond acceptors (Lipinski definition) is 3. The molecule has 12 heavy (non-hydrogen) atoms. The molecule has 0 radical (unpaired) electrons. The van der Waals surface area contributed by atoms with Gasteiger partial charge in [-0.05, 0) is 34.1 Å². The average molecular weight is 269 g/mol. The molecule has 0 aliphatic carbocycles. The highest BCUT2D eigenvalue weighted by molar-refractivity contribution is 9.11. The molecule has 0 atom stereocenters. The smallest absolute Gasteiger partial charge is 0.127 e. The summed E-state index contributed by atoms with van der Waals surface area (Å²) in [5, 5.41) is 0.465. The minimum absolute atomic E-state index is 0.465. The molecule has 1 N–H and O–H groups in total. The van der Waals surface area contributed by atoms with Crippen molar-refractivity contribution in [3.05, 3.63) is 26.0 Å². The lowest BCUT2D eigenvalue weighted by Crippen LogP contribution is -2.05. The number of halogens is 2. The summed E-state index contributed by atoms with van der Waals surface area (Å²) >= 11 is 10.7. The first-order chi connectivity index (χ1) is 5.72. The molecule has 0 aliphatic rings. The van der Waals surface area contributed by atoms with E-state index in [1.54, 1.807) is 17.4 Å². The van der Waals surface area contributed by atoms with Gasteiger partial charge in [0.2, 0.25) is 0 Å². The molecule has 0 fully saturated rings. The quantitative estimate of drug-likeness (QED) is 0.671. The van der Waals surface area contributed by atoms with Gasteiger partial charge in [-0.1, -0.05) is 11.6 Å². The van der Waals surface area contributed by atoms with E-state index in [-0.39, 0.29) is 0 Å². The molecule has 0 saturated heterocycles. The van der Waals surface area contributed by atoms with Crippen LogP contribution in [0, 0.1) is 0 Å². The van der Waals surface area contributed by atoms with Gasteiger partial charge < -0.3 is 0 Å².